The highest BCUT2D eigenvalue weighted by molar-refractivity contribution is 14.0. The molecule has 0 radical (unpaired) electrons. The van der Waals surface area contributed by atoms with Crippen molar-refractivity contribution in [2.45, 2.75) is 71.9 Å². The third-order valence-electron chi connectivity index (χ3n) is 6.01. The van der Waals surface area contributed by atoms with Crippen molar-refractivity contribution in [2.75, 3.05) is 52.9 Å². The monoisotopic (exact) mass is 537 g/mol. The van der Waals surface area contributed by atoms with Gasteiger partial charge in [0.2, 0.25) is 0 Å². The highest BCUT2D eigenvalue weighted by Gasteiger charge is 2.29. The van der Waals surface area contributed by atoms with Crippen molar-refractivity contribution in [3.8, 4) is 0 Å². The first-order valence-corrected chi connectivity index (χ1v) is 11.4. The molecule has 8 heteroatoms. The predicted molar refractivity (Wildman–Crippen MR) is 135 cm³/mol. The van der Waals surface area contributed by atoms with Gasteiger partial charge in [0.1, 0.15) is 5.60 Å². The number of ether oxygens (including phenoxy) is 1. The van der Waals surface area contributed by atoms with Gasteiger partial charge < -0.3 is 19.9 Å². The molecule has 0 aromatic carbocycles. The van der Waals surface area contributed by atoms with Crippen molar-refractivity contribution in [2.24, 2.45) is 10.9 Å². The number of carbonyl (C=O) groups excluding carboxylic acids is 1. The van der Waals surface area contributed by atoms with Gasteiger partial charge in [0, 0.05) is 45.8 Å². The van der Waals surface area contributed by atoms with Crippen LogP contribution in [-0.2, 0) is 4.74 Å². The second-order valence-corrected chi connectivity index (χ2v) is 9.31. The van der Waals surface area contributed by atoms with E-state index in [1.165, 1.54) is 12.8 Å². The minimum atomic E-state index is -0.434. The van der Waals surface area contributed by atoms with Gasteiger partial charge in [-0.05, 0) is 65.5 Å². The van der Waals surface area contributed by atoms with Gasteiger partial charge in [0.25, 0.3) is 0 Å². The number of rotatable bonds is 6. The van der Waals surface area contributed by atoms with Crippen molar-refractivity contribution < 1.29 is 9.53 Å². The Labute approximate surface area is 201 Å². The highest BCUT2D eigenvalue weighted by Crippen LogP contribution is 2.21. The number of nitrogens with one attached hydrogen (secondary N) is 1. The molecule has 0 saturated carbocycles. The highest BCUT2D eigenvalue weighted by atomic mass is 127. The van der Waals surface area contributed by atoms with Crippen LogP contribution in [0.2, 0.25) is 0 Å². The molecule has 2 heterocycles. The lowest BCUT2D eigenvalue weighted by molar-refractivity contribution is 0.0162. The Kier molecular flexibility index (Phi) is 11.8. The molecule has 30 heavy (non-hydrogen) atoms. The number of carbonyl (C=O) groups is 1. The Morgan fingerprint density at radius 3 is 2.43 bits per heavy atom. The van der Waals surface area contributed by atoms with Crippen LogP contribution >= 0.6 is 24.0 Å². The van der Waals surface area contributed by atoms with Crippen molar-refractivity contribution in [3.63, 3.8) is 0 Å². The zero-order valence-corrected chi connectivity index (χ0v) is 22.3. The summed E-state index contributed by atoms with van der Waals surface area (Å²) in [6.45, 7) is 17.1. The topological polar surface area (TPSA) is 60.4 Å². The molecule has 0 aromatic heterocycles. The van der Waals surface area contributed by atoms with E-state index in [0.29, 0.717) is 12.0 Å². The van der Waals surface area contributed by atoms with Crippen molar-refractivity contribution in [1.82, 2.24) is 20.0 Å². The van der Waals surface area contributed by atoms with Crippen LogP contribution in [0.5, 0.6) is 0 Å². The Morgan fingerprint density at radius 1 is 1.13 bits per heavy atom. The fourth-order valence-corrected chi connectivity index (χ4v) is 4.49. The molecule has 2 rings (SSSR count). The second-order valence-electron chi connectivity index (χ2n) is 9.31. The summed E-state index contributed by atoms with van der Waals surface area (Å²) >= 11 is 0. The molecule has 176 valence electrons. The fraction of sp³-hybridized carbons (Fsp3) is 0.909. The van der Waals surface area contributed by atoms with Crippen LogP contribution in [0.1, 0.15) is 60.3 Å². The number of halogens is 1. The lowest BCUT2D eigenvalue weighted by Gasteiger charge is -2.34. The molecule has 2 aliphatic heterocycles. The molecule has 2 saturated heterocycles. The van der Waals surface area contributed by atoms with Gasteiger partial charge in [-0.25, -0.2) is 4.79 Å². The van der Waals surface area contributed by atoms with Gasteiger partial charge in [-0.2, -0.15) is 0 Å². The van der Waals surface area contributed by atoms with E-state index in [1.54, 1.807) is 0 Å². The van der Waals surface area contributed by atoms with E-state index >= 15 is 0 Å². The fourth-order valence-electron chi connectivity index (χ4n) is 4.49. The van der Waals surface area contributed by atoms with Gasteiger partial charge in [-0.15, -0.1) is 24.0 Å². The average molecular weight is 538 g/mol. The Balaban J connectivity index is 0.00000450. The number of hydrogen-bond donors (Lipinski definition) is 1. The average Bonchev–Trinajstić information content (AvgIpc) is 3.15. The maximum absolute atomic E-state index is 12.4. The van der Waals surface area contributed by atoms with Crippen LogP contribution < -0.4 is 5.32 Å². The van der Waals surface area contributed by atoms with E-state index in [4.69, 9.17) is 4.74 Å². The molecule has 2 aliphatic rings. The van der Waals surface area contributed by atoms with Crippen LogP contribution in [0.25, 0.3) is 0 Å². The summed E-state index contributed by atoms with van der Waals surface area (Å²) < 4.78 is 5.54. The van der Waals surface area contributed by atoms with E-state index in [-0.39, 0.29) is 30.1 Å². The Morgan fingerprint density at radius 2 is 1.83 bits per heavy atom. The Hall–Kier alpha value is -0.770. The minimum absolute atomic E-state index is 0. The maximum atomic E-state index is 12.4. The van der Waals surface area contributed by atoms with E-state index in [1.807, 2.05) is 32.7 Å². The molecule has 1 N–H and O–H groups in total. The number of aliphatic imine (C=N–C) groups is 1. The van der Waals surface area contributed by atoms with Crippen LogP contribution in [0.3, 0.4) is 0 Å². The number of hydrogen-bond acceptors (Lipinski definition) is 4. The molecule has 0 spiro atoms. The van der Waals surface area contributed by atoms with Crippen LogP contribution in [0.15, 0.2) is 4.99 Å². The predicted octanol–water partition coefficient (Wildman–Crippen LogP) is 3.63. The van der Waals surface area contributed by atoms with Crippen LogP contribution in [-0.4, -0.2) is 91.3 Å². The van der Waals surface area contributed by atoms with Crippen LogP contribution in [0.4, 0.5) is 4.79 Å². The van der Waals surface area contributed by atoms with Gasteiger partial charge in [0.15, 0.2) is 5.96 Å². The molecular weight excluding hydrogens is 493 g/mol. The standard InChI is InChI=1S/C22H43N5O2.HI/c1-7-25(8-2)19-12-15-26(17-19)20(23-6)24-13-11-18-10-9-14-27(16-18)21(28)29-22(3,4)5;/h18-19H,7-17H2,1-6H3,(H,23,24);1H. The van der Waals surface area contributed by atoms with E-state index in [0.717, 1.165) is 64.6 Å². The maximum Gasteiger partial charge on any atom is 0.410 e. The van der Waals surface area contributed by atoms with E-state index in [2.05, 4.69) is 34.0 Å². The molecule has 7 nitrogen and oxygen atoms in total. The van der Waals surface area contributed by atoms with E-state index < -0.39 is 5.60 Å². The van der Waals surface area contributed by atoms with Crippen LogP contribution in [0, 0.1) is 5.92 Å². The summed E-state index contributed by atoms with van der Waals surface area (Å²) in [4.78, 5) is 23.7. The van der Waals surface area contributed by atoms with E-state index in [9.17, 15) is 4.79 Å². The molecule has 1 amide bonds. The molecule has 0 bridgehead atoms. The third kappa shape index (κ3) is 8.40. The number of likely N-dealkylation sites (tertiary alicyclic amines) is 2. The number of piperidine rings is 1. The second kappa shape index (κ2) is 12.9. The zero-order chi connectivity index (χ0) is 21.4. The number of nitrogens with zero attached hydrogens (tertiary/aromatic N) is 4. The molecule has 2 atom stereocenters. The molecule has 2 unspecified atom stereocenters. The third-order valence-corrected chi connectivity index (χ3v) is 6.01. The first kappa shape index (κ1) is 27.3. The molecule has 2 fully saturated rings. The number of amides is 1. The van der Waals surface area contributed by atoms with Crippen molar-refractivity contribution in [1.29, 1.82) is 0 Å². The lowest BCUT2D eigenvalue weighted by atomic mass is 9.95. The quantitative estimate of drug-likeness (QED) is 0.319. The molecular formula is C22H44IN5O2. The van der Waals surface area contributed by atoms with Crippen molar-refractivity contribution in [3.05, 3.63) is 0 Å². The van der Waals surface area contributed by atoms with Gasteiger partial charge >= 0.3 is 6.09 Å². The normalized spacial score (nSPS) is 22.8. The first-order valence-electron chi connectivity index (χ1n) is 11.4. The smallest absolute Gasteiger partial charge is 0.410 e. The number of guanidine groups is 1. The van der Waals surface area contributed by atoms with Gasteiger partial charge in [0.05, 0.1) is 0 Å². The molecule has 0 aliphatic carbocycles. The first-order chi connectivity index (χ1) is 13.8. The van der Waals surface area contributed by atoms with Crippen molar-refractivity contribution >= 4 is 36.0 Å². The summed E-state index contributed by atoms with van der Waals surface area (Å²) in [5.41, 5.74) is -0.434. The SMILES string of the molecule is CCN(CC)C1CCN(C(=NC)NCCC2CCCN(C(=O)OC(C)(C)C)C2)C1.I. The number of likely N-dealkylation sites (N-methyl/N-ethyl adjacent to an activating group) is 1. The summed E-state index contributed by atoms with van der Waals surface area (Å²) in [5.74, 6) is 1.53. The van der Waals surface area contributed by atoms with Gasteiger partial charge in [-0.3, -0.25) is 9.89 Å². The van der Waals surface area contributed by atoms with Gasteiger partial charge in [-0.1, -0.05) is 13.8 Å². The summed E-state index contributed by atoms with van der Waals surface area (Å²) in [5, 5.41) is 3.56. The summed E-state index contributed by atoms with van der Waals surface area (Å²) in [6, 6.07) is 0.629. The summed E-state index contributed by atoms with van der Waals surface area (Å²) in [7, 11) is 1.87. The zero-order valence-electron chi connectivity index (χ0n) is 19.9. The molecule has 0 aromatic rings. The summed E-state index contributed by atoms with van der Waals surface area (Å²) in [6.07, 6.45) is 4.30. The Bertz CT molecular complexity index is 548. The lowest BCUT2D eigenvalue weighted by Crippen LogP contribution is -2.45. The minimum Gasteiger partial charge on any atom is -0.444 e. The largest absolute Gasteiger partial charge is 0.444 e.